The van der Waals surface area contributed by atoms with E-state index in [0.717, 1.165) is 0 Å². The standard InChI is InChI=1S/C16H11Cl2NO5/c17-9-1-4-13(11(18)5-9)23-8-16(21)24-10-2-3-12-14(6-10)22-7-15(20)19-12/h1-6H,7-8H2,(H,19,20). The molecular weight excluding hydrogens is 357 g/mol. The largest absolute Gasteiger partial charge is 0.481 e. The first-order chi connectivity index (χ1) is 11.5. The third-order valence-electron chi connectivity index (χ3n) is 3.06. The van der Waals surface area contributed by atoms with Crippen LogP contribution in [0.5, 0.6) is 17.2 Å². The van der Waals surface area contributed by atoms with Crippen molar-refractivity contribution in [2.24, 2.45) is 0 Å². The fourth-order valence-corrected chi connectivity index (χ4v) is 2.47. The molecule has 8 heteroatoms. The zero-order valence-electron chi connectivity index (χ0n) is 12.2. The van der Waals surface area contributed by atoms with E-state index in [0.29, 0.717) is 27.2 Å². The Hall–Kier alpha value is -2.44. The second kappa shape index (κ2) is 6.98. The Balaban J connectivity index is 1.60. The quantitative estimate of drug-likeness (QED) is 0.662. The molecule has 0 atom stereocenters. The summed E-state index contributed by atoms with van der Waals surface area (Å²) in [6, 6.07) is 9.32. The van der Waals surface area contributed by atoms with Crippen LogP contribution < -0.4 is 19.5 Å². The smallest absolute Gasteiger partial charge is 0.349 e. The van der Waals surface area contributed by atoms with Crippen molar-refractivity contribution in [3.8, 4) is 17.2 Å². The lowest BCUT2D eigenvalue weighted by molar-refractivity contribution is -0.136. The van der Waals surface area contributed by atoms with E-state index in [1.807, 2.05) is 0 Å². The fraction of sp³-hybridized carbons (Fsp3) is 0.125. The molecule has 0 unspecified atom stereocenters. The van der Waals surface area contributed by atoms with Crippen LogP contribution in [0.1, 0.15) is 0 Å². The lowest BCUT2D eigenvalue weighted by Gasteiger charge is -2.18. The number of ether oxygens (including phenoxy) is 3. The van der Waals surface area contributed by atoms with Crippen LogP contribution in [0.4, 0.5) is 5.69 Å². The number of hydrogen-bond donors (Lipinski definition) is 1. The van der Waals surface area contributed by atoms with Crippen molar-refractivity contribution in [3.63, 3.8) is 0 Å². The van der Waals surface area contributed by atoms with Gasteiger partial charge in [0.25, 0.3) is 5.91 Å². The Bertz CT molecular complexity index is 809. The number of carbonyl (C=O) groups is 2. The SMILES string of the molecule is O=C1COc2cc(OC(=O)COc3ccc(Cl)cc3Cl)ccc2N1. The van der Waals surface area contributed by atoms with Crippen LogP contribution in [0.2, 0.25) is 10.0 Å². The van der Waals surface area contributed by atoms with Crippen LogP contribution in [-0.2, 0) is 9.59 Å². The van der Waals surface area contributed by atoms with Crippen molar-refractivity contribution in [2.75, 3.05) is 18.5 Å². The molecule has 6 nitrogen and oxygen atoms in total. The van der Waals surface area contributed by atoms with Crippen molar-refractivity contribution in [3.05, 3.63) is 46.4 Å². The minimum atomic E-state index is -0.610. The predicted molar refractivity (Wildman–Crippen MR) is 88.2 cm³/mol. The maximum atomic E-state index is 11.9. The Morgan fingerprint density at radius 1 is 1.21 bits per heavy atom. The average Bonchev–Trinajstić information content (AvgIpc) is 2.54. The molecule has 0 bridgehead atoms. The van der Waals surface area contributed by atoms with Gasteiger partial charge in [-0.3, -0.25) is 4.79 Å². The van der Waals surface area contributed by atoms with E-state index in [4.69, 9.17) is 37.4 Å². The molecular formula is C16H11Cl2NO5. The van der Waals surface area contributed by atoms with Gasteiger partial charge in [0, 0.05) is 11.1 Å². The minimum Gasteiger partial charge on any atom is -0.481 e. The van der Waals surface area contributed by atoms with Gasteiger partial charge in [-0.15, -0.1) is 0 Å². The van der Waals surface area contributed by atoms with E-state index < -0.39 is 5.97 Å². The molecule has 3 rings (SSSR count). The Morgan fingerprint density at radius 3 is 2.83 bits per heavy atom. The Labute approximate surface area is 147 Å². The van der Waals surface area contributed by atoms with Crippen molar-refractivity contribution in [1.82, 2.24) is 0 Å². The van der Waals surface area contributed by atoms with E-state index in [1.165, 1.54) is 12.1 Å². The highest BCUT2D eigenvalue weighted by Gasteiger charge is 2.17. The highest BCUT2D eigenvalue weighted by molar-refractivity contribution is 6.35. The second-order valence-electron chi connectivity index (χ2n) is 4.83. The molecule has 0 saturated carbocycles. The maximum absolute atomic E-state index is 11.9. The summed E-state index contributed by atoms with van der Waals surface area (Å²) < 4.78 is 15.7. The zero-order chi connectivity index (χ0) is 17.1. The number of fused-ring (bicyclic) bond motifs is 1. The highest BCUT2D eigenvalue weighted by Crippen LogP contribution is 2.32. The van der Waals surface area contributed by atoms with Gasteiger partial charge in [-0.05, 0) is 30.3 Å². The van der Waals surface area contributed by atoms with Gasteiger partial charge in [-0.1, -0.05) is 23.2 Å². The van der Waals surface area contributed by atoms with Crippen LogP contribution in [0.3, 0.4) is 0 Å². The number of benzene rings is 2. The maximum Gasteiger partial charge on any atom is 0.349 e. The lowest BCUT2D eigenvalue weighted by atomic mass is 10.2. The summed E-state index contributed by atoms with van der Waals surface area (Å²) in [4.78, 5) is 23.1. The Kier molecular flexibility index (Phi) is 4.78. The summed E-state index contributed by atoms with van der Waals surface area (Å²) in [5.41, 5.74) is 0.523. The molecule has 0 spiro atoms. The molecule has 2 aromatic carbocycles. The molecule has 1 N–H and O–H groups in total. The number of hydrogen-bond acceptors (Lipinski definition) is 5. The molecule has 24 heavy (non-hydrogen) atoms. The van der Waals surface area contributed by atoms with Gasteiger partial charge in [-0.2, -0.15) is 0 Å². The molecule has 2 aromatic rings. The summed E-state index contributed by atoms with van der Waals surface area (Å²) in [5, 5.41) is 3.41. The summed E-state index contributed by atoms with van der Waals surface area (Å²) in [6.45, 7) is -0.404. The molecule has 0 saturated heterocycles. The summed E-state index contributed by atoms with van der Waals surface area (Å²) in [5.74, 6) is 0.193. The number of nitrogens with one attached hydrogen (secondary N) is 1. The van der Waals surface area contributed by atoms with Crippen molar-refractivity contribution in [1.29, 1.82) is 0 Å². The van der Waals surface area contributed by atoms with E-state index >= 15 is 0 Å². The van der Waals surface area contributed by atoms with Crippen LogP contribution >= 0.6 is 23.2 Å². The van der Waals surface area contributed by atoms with Crippen LogP contribution in [-0.4, -0.2) is 25.1 Å². The third-order valence-corrected chi connectivity index (χ3v) is 3.59. The molecule has 1 heterocycles. The van der Waals surface area contributed by atoms with Crippen LogP contribution in [0.15, 0.2) is 36.4 Å². The van der Waals surface area contributed by atoms with Crippen molar-refractivity contribution >= 4 is 40.8 Å². The topological polar surface area (TPSA) is 73.9 Å². The van der Waals surface area contributed by atoms with E-state index in [-0.39, 0.29) is 24.9 Å². The van der Waals surface area contributed by atoms with Crippen molar-refractivity contribution < 1.29 is 23.8 Å². The Morgan fingerprint density at radius 2 is 2.04 bits per heavy atom. The van der Waals surface area contributed by atoms with Gasteiger partial charge in [0.15, 0.2) is 13.2 Å². The van der Waals surface area contributed by atoms with Gasteiger partial charge < -0.3 is 19.5 Å². The first-order valence-corrected chi connectivity index (χ1v) is 7.62. The molecule has 1 aliphatic heterocycles. The number of amides is 1. The number of rotatable bonds is 4. The van der Waals surface area contributed by atoms with Gasteiger partial charge in [0.2, 0.25) is 0 Å². The van der Waals surface area contributed by atoms with Gasteiger partial charge in [0.1, 0.15) is 17.2 Å². The summed E-state index contributed by atoms with van der Waals surface area (Å²) in [6.07, 6.45) is 0. The van der Waals surface area contributed by atoms with Crippen LogP contribution in [0.25, 0.3) is 0 Å². The third kappa shape index (κ3) is 3.90. The molecule has 0 aromatic heterocycles. The van der Waals surface area contributed by atoms with E-state index in [9.17, 15) is 9.59 Å². The zero-order valence-corrected chi connectivity index (χ0v) is 13.7. The number of carbonyl (C=O) groups excluding carboxylic acids is 2. The number of halogens is 2. The number of anilines is 1. The van der Waals surface area contributed by atoms with Crippen molar-refractivity contribution in [2.45, 2.75) is 0 Å². The molecule has 0 radical (unpaired) electrons. The average molecular weight is 368 g/mol. The first kappa shape index (κ1) is 16.4. The van der Waals surface area contributed by atoms with E-state index in [1.54, 1.807) is 24.3 Å². The summed E-state index contributed by atoms with van der Waals surface area (Å²) >= 11 is 11.7. The van der Waals surface area contributed by atoms with Crippen LogP contribution in [0, 0.1) is 0 Å². The van der Waals surface area contributed by atoms with Gasteiger partial charge in [-0.25, -0.2) is 4.79 Å². The minimum absolute atomic E-state index is 0.0808. The summed E-state index contributed by atoms with van der Waals surface area (Å²) in [7, 11) is 0. The molecule has 0 fully saturated rings. The highest BCUT2D eigenvalue weighted by atomic mass is 35.5. The predicted octanol–water partition coefficient (Wildman–Crippen LogP) is 3.31. The first-order valence-electron chi connectivity index (χ1n) is 6.86. The lowest BCUT2D eigenvalue weighted by Crippen LogP contribution is -2.25. The normalized spacial score (nSPS) is 12.7. The molecule has 124 valence electrons. The fourth-order valence-electron chi connectivity index (χ4n) is 2.01. The van der Waals surface area contributed by atoms with Gasteiger partial charge >= 0.3 is 5.97 Å². The molecule has 0 aliphatic carbocycles. The van der Waals surface area contributed by atoms with E-state index in [2.05, 4.69) is 5.32 Å². The number of esters is 1. The molecule has 1 amide bonds. The van der Waals surface area contributed by atoms with Gasteiger partial charge in [0.05, 0.1) is 10.7 Å². The molecule has 1 aliphatic rings. The second-order valence-corrected chi connectivity index (χ2v) is 5.68. The monoisotopic (exact) mass is 367 g/mol.